The smallest absolute Gasteiger partial charge is 0.336 e. The summed E-state index contributed by atoms with van der Waals surface area (Å²) in [6, 6.07) is 16.2. The zero-order valence-corrected chi connectivity index (χ0v) is 16.2. The highest BCUT2D eigenvalue weighted by atomic mass is 16.8. The molecule has 2 atom stereocenters. The number of esters is 1. The van der Waals surface area contributed by atoms with Gasteiger partial charge < -0.3 is 15.4 Å². The molecule has 30 heavy (non-hydrogen) atoms. The Kier molecular flexibility index (Phi) is 4.12. The summed E-state index contributed by atoms with van der Waals surface area (Å²) in [4.78, 5) is 17.9. The van der Waals surface area contributed by atoms with E-state index in [0.717, 1.165) is 28.2 Å². The van der Waals surface area contributed by atoms with Crippen LogP contribution in [0, 0.1) is 0 Å². The van der Waals surface area contributed by atoms with Crippen LogP contribution in [0.25, 0.3) is 11.1 Å². The molecule has 2 aromatic carbocycles. The molecule has 0 aliphatic carbocycles. The summed E-state index contributed by atoms with van der Waals surface area (Å²) in [6.45, 7) is 0.489. The first-order chi connectivity index (χ1) is 14.6. The Hall–Kier alpha value is -3.62. The first kappa shape index (κ1) is 18.4. The first-order valence-corrected chi connectivity index (χ1v) is 9.53. The SMILES string of the molecule is COC(=O)C1(c2ccc(N(O)O)cc2)Nc2ccccc2-c2ccnc3c2C1CN3. The molecule has 3 aromatic rings. The minimum Gasteiger partial charge on any atom is -0.467 e. The molecule has 8 nitrogen and oxygen atoms in total. The second kappa shape index (κ2) is 6.72. The molecule has 0 amide bonds. The molecule has 2 aliphatic rings. The van der Waals surface area contributed by atoms with Crippen LogP contribution in [0.15, 0.2) is 60.8 Å². The van der Waals surface area contributed by atoms with Gasteiger partial charge in [0.15, 0.2) is 5.54 Å². The molecule has 0 saturated carbocycles. The highest BCUT2D eigenvalue weighted by Gasteiger charge is 2.54. The van der Waals surface area contributed by atoms with Crippen molar-refractivity contribution in [1.29, 1.82) is 0 Å². The molecular formula is C22H20N4O4. The number of rotatable bonds is 3. The first-order valence-electron chi connectivity index (χ1n) is 9.53. The minimum atomic E-state index is -1.24. The van der Waals surface area contributed by atoms with Gasteiger partial charge in [0, 0.05) is 35.5 Å². The van der Waals surface area contributed by atoms with E-state index in [2.05, 4.69) is 15.6 Å². The number of hydrogen-bond donors (Lipinski definition) is 4. The number of anilines is 3. The van der Waals surface area contributed by atoms with Gasteiger partial charge in [-0.15, -0.1) is 5.23 Å². The lowest BCUT2D eigenvalue weighted by atomic mass is 9.75. The topological polar surface area (TPSA) is 107 Å². The van der Waals surface area contributed by atoms with Gasteiger partial charge in [-0.05, 0) is 35.4 Å². The summed E-state index contributed by atoms with van der Waals surface area (Å²) in [6.07, 6.45) is 1.76. The number of methoxy groups -OCH3 is 1. The monoisotopic (exact) mass is 404 g/mol. The van der Waals surface area contributed by atoms with Crippen LogP contribution in [0.5, 0.6) is 0 Å². The quantitative estimate of drug-likeness (QED) is 0.389. The van der Waals surface area contributed by atoms with E-state index >= 15 is 0 Å². The number of pyridine rings is 1. The Labute approximate surface area is 172 Å². The maximum atomic E-state index is 13.4. The molecule has 2 unspecified atom stereocenters. The number of carbonyl (C=O) groups is 1. The molecule has 0 bridgehead atoms. The van der Waals surface area contributed by atoms with Crippen molar-refractivity contribution in [2.24, 2.45) is 0 Å². The number of fused-ring (bicyclic) bond motifs is 2. The molecule has 4 N–H and O–H groups in total. The average molecular weight is 404 g/mol. The van der Waals surface area contributed by atoms with Crippen molar-refractivity contribution < 1.29 is 19.9 Å². The van der Waals surface area contributed by atoms with Crippen LogP contribution >= 0.6 is 0 Å². The Balaban J connectivity index is 1.81. The van der Waals surface area contributed by atoms with Gasteiger partial charge in [0.25, 0.3) is 0 Å². The van der Waals surface area contributed by atoms with Gasteiger partial charge >= 0.3 is 5.97 Å². The maximum absolute atomic E-state index is 13.4. The largest absolute Gasteiger partial charge is 0.467 e. The standard InChI is InChI=1S/C22H20N4O4/c1-30-21(27)22(13-6-8-14(9-7-13)26(28)29)17-12-24-20-19(17)16(10-11-23-20)15-4-2-3-5-18(15)25-22/h2-11,17,25,28-29H,12H2,1H3,(H,23,24). The van der Waals surface area contributed by atoms with E-state index in [1.165, 1.54) is 19.2 Å². The van der Waals surface area contributed by atoms with Crippen molar-refractivity contribution in [3.05, 3.63) is 71.9 Å². The fraction of sp³-hybridized carbons (Fsp3) is 0.182. The van der Waals surface area contributed by atoms with Crippen LogP contribution in [0.4, 0.5) is 17.2 Å². The van der Waals surface area contributed by atoms with Crippen LogP contribution in [0.1, 0.15) is 17.0 Å². The second-order valence-corrected chi connectivity index (χ2v) is 7.36. The minimum absolute atomic E-state index is 0.0405. The average Bonchev–Trinajstić information content (AvgIpc) is 3.16. The van der Waals surface area contributed by atoms with E-state index in [-0.39, 0.29) is 16.8 Å². The van der Waals surface area contributed by atoms with Gasteiger partial charge in [0.1, 0.15) is 5.82 Å². The molecule has 152 valence electrons. The van der Waals surface area contributed by atoms with E-state index in [4.69, 9.17) is 4.74 Å². The van der Waals surface area contributed by atoms with Crippen LogP contribution in [0.3, 0.4) is 0 Å². The third-order valence-electron chi connectivity index (χ3n) is 5.94. The molecule has 0 fully saturated rings. The number of carbonyl (C=O) groups excluding carboxylic acids is 1. The van der Waals surface area contributed by atoms with Crippen LogP contribution in [-0.2, 0) is 15.1 Å². The van der Waals surface area contributed by atoms with Crippen molar-refractivity contribution in [3.8, 4) is 11.1 Å². The van der Waals surface area contributed by atoms with Crippen LogP contribution in [0.2, 0.25) is 0 Å². The number of hydrogen-bond acceptors (Lipinski definition) is 8. The van der Waals surface area contributed by atoms with Gasteiger partial charge in [0.2, 0.25) is 0 Å². The van der Waals surface area contributed by atoms with E-state index in [9.17, 15) is 15.2 Å². The summed E-state index contributed by atoms with van der Waals surface area (Å²) in [5, 5.41) is 25.5. The van der Waals surface area contributed by atoms with Crippen molar-refractivity contribution in [2.45, 2.75) is 11.5 Å². The summed E-state index contributed by atoms with van der Waals surface area (Å²) in [5.74, 6) is 0.00491. The second-order valence-electron chi connectivity index (χ2n) is 7.36. The number of nitrogens with zero attached hydrogens (tertiary/aromatic N) is 2. The van der Waals surface area contributed by atoms with Gasteiger partial charge in [-0.2, -0.15) is 0 Å². The summed E-state index contributed by atoms with van der Waals surface area (Å²) in [5.41, 5.74) is 3.33. The van der Waals surface area contributed by atoms with Gasteiger partial charge in [-0.1, -0.05) is 30.3 Å². The Morgan fingerprint density at radius 2 is 1.90 bits per heavy atom. The zero-order chi connectivity index (χ0) is 20.9. The van der Waals surface area contributed by atoms with Crippen molar-refractivity contribution in [3.63, 3.8) is 0 Å². The fourth-order valence-electron chi connectivity index (χ4n) is 4.60. The van der Waals surface area contributed by atoms with Gasteiger partial charge in [0.05, 0.1) is 12.8 Å². The summed E-state index contributed by atoms with van der Waals surface area (Å²) < 4.78 is 5.31. The molecule has 5 rings (SSSR count). The van der Waals surface area contributed by atoms with Crippen LogP contribution < -0.4 is 15.9 Å². The molecule has 0 radical (unpaired) electrons. The Bertz CT molecular complexity index is 1130. The normalized spacial score (nSPS) is 20.8. The maximum Gasteiger partial charge on any atom is 0.336 e. The van der Waals surface area contributed by atoms with Crippen LogP contribution in [-0.4, -0.2) is 35.0 Å². The van der Waals surface area contributed by atoms with Gasteiger partial charge in [-0.25, -0.2) is 9.78 Å². The third kappa shape index (κ3) is 2.47. The van der Waals surface area contributed by atoms with E-state index < -0.39 is 11.5 Å². The number of benzene rings is 2. The van der Waals surface area contributed by atoms with Crippen molar-refractivity contribution >= 4 is 23.2 Å². The number of para-hydroxylation sites is 1. The number of nitrogens with one attached hydrogen (secondary N) is 2. The Morgan fingerprint density at radius 3 is 2.63 bits per heavy atom. The molecule has 1 aromatic heterocycles. The van der Waals surface area contributed by atoms with E-state index in [0.29, 0.717) is 12.1 Å². The molecule has 0 spiro atoms. The molecule has 3 heterocycles. The lowest BCUT2D eigenvalue weighted by molar-refractivity contribution is -0.147. The number of aromatic nitrogens is 1. The van der Waals surface area contributed by atoms with Crippen molar-refractivity contribution in [2.75, 3.05) is 29.5 Å². The molecular weight excluding hydrogens is 384 g/mol. The lowest BCUT2D eigenvalue weighted by Gasteiger charge is -2.37. The highest BCUT2D eigenvalue weighted by molar-refractivity contribution is 5.95. The molecule has 0 saturated heterocycles. The number of ether oxygens (including phenoxy) is 1. The fourth-order valence-corrected chi connectivity index (χ4v) is 4.60. The molecule has 2 aliphatic heterocycles. The third-order valence-corrected chi connectivity index (χ3v) is 5.94. The van der Waals surface area contributed by atoms with Crippen molar-refractivity contribution in [1.82, 2.24) is 4.98 Å². The predicted molar refractivity (Wildman–Crippen MR) is 111 cm³/mol. The zero-order valence-electron chi connectivity index (χ0n) is 16.2. The molecule has 8 heteroatoms. The highest BCUT2D eigenvalue weighted by Crippen LogP contribution is 2.53. The summed E-state index contributed by atoms with van der Waals surface area (Å²) >= 11 is 0. The lowest BCUT2D eigenvalue weighted by Crippen LogP contribution is -2.49. The van der Waals surface area contributed by atoms with E-state index in [1.54, 1.807) is 18.3 Å². The Morgan fingerprint density at radius 1 is 1.13 bits per heavy atom. The predicted octanol–water partition coefficient (Wildman–Crippen LogP) is 3.34. The summed E-state index contributed by atoms with van der Waals surface area (Å²) in [7, 11) is 1.37. The van der Waals surface area contributed by atoms with E-state index in [1.807, 2.05) is 30.3 Å². The van der Waals surface area contributed by atoms with Gasteiger partial charge in [-0.3, -0.25) is 10.4 Å².